The van der Waals surface area contributed by atoms with Gasteiger partial charge in [0.2, 0.25) is 0 Å². The first kappa shape index (κ1) is 117. The number of hydrogen-bond acceptors (Lipinski definition) is 48. The van der Waals surface area contributed by atoms with Crippen molar-refractivity contribution in [1.29, 1.82) is 0 Å². The third-order valence-corrected chi connectivity index (χ3v) is 16.5. The predicted molar refractivity (Wildman–Crippen MR) is 414 cm³/mol. The van der Waals surface area contributed by atoms with Gasteiger partial charge in [-0.3, -0.25) is 145 Å². The number of esters is 18. The Hall–Kier alpha value is -10.5. The Morgan fingerprint density at radius 3 is 0.339 bits per heavy atom. The Labute approximate surface area is 703 Å². The number of hydrogen-bond donors (Lipinski definition) is 1. The molecule has 0 aromatic heterocycles. The molecule has 49 nitrogen and oxygen atoms in total. The first-order chi connectivity index (χ1) is 57.4. The summed E-state index contributed by atoms with van der Waals surface area (Å²) >= 11 is 0. The Morgan fingerprint density at radius 1 is 0.140 bits per heavy atom. The number of carbonyl (C=O) groups is 19. The van der Waals surface area contributed by atoms with Gasteiger partial charge in [-0.15, -0.1) is 0 Å². The molecule has 49 heteroatoms. The molecule has 0 heterocycles. The molecule has 1 N–H and O–H groups in total. The first-order valence-electron chi connectivity index (χ1n) is 36.8. The van der Waals surface area contributed by atoms with Gasteiger partial charge in [-0.05, 0) is 0 Å². The fourth-order valence-electron chi connectivity index (χ4n) is 9.46. The number of rotatable bonds is 61. The van der Waals surface area contributed by atoms with E-state index in [-0.39, 0.29) is 196 Å². The molecule has 0 unspecified atom stereocenters. The van der Waals surface area contributed by atoms with E-state index in [4.69, 9.17) is 19.3 Å². The molecule has 0 amide bonds. The summed E-state index contributed by atoms with van der Waals surface area (Å²) in [6, 6.07) is 0. The van der Waals surface area contributed by atoms with Gasteiger partial charge in [0.05, 0.1) is 252 Å². The first-order valence-corrected chi connectivity index (χ1v) is 36.8. The maximum Gasteiger partial charge on any atom is 0.319 e. The highest BCUT2D eigenvalue weighted by molar-refractivity contribution is 5.79. The molecular weight excluding hydrogens is 1630 g/mol. The molecule has 0 radical (unpaired) electrons. The summed E-state index contributed by atoms with van der Waals surface area (Å²) in [5, 5.41) is 9.15. The zero-order valence-corrected chi connectivity index (χ0v) is 72.7. The van der Waals surface area contributed by atoms with Gasteiger partial charge in [0, 0.05) is 105 Å². The van der Waals surface area contributed by atoms with E-state index in [0.717, 1.165) is 0 Å². The second-order valence-electron chi connectivity index (χ2n) is 24.9. The second kappa shape index (κ2) is 73.4. The second-order valence-corrected chi connectivity index (χ2v) is 24.9. The molecule has 0 fully saturated rings. The molecule has 0 aliphatic heterocycles. The molecule has 0 atom stereocenters. The Bertz CT molecular complexity index is 2920. The maximum absolute atomic E-state index is 12.0. The van der Waals surface area contributed by atoms with Gasteiger partial charge < -0.3 is 90.4 Å². The number of carbonyl (C=O) groups excluding carboxylic acids is 18. The van der Waals surface area contributed by atoms with Gasteiger partial charge in [-0.25, -0.2) is 0 Å². The minimum Gasteiger partial charge on any atom is -0.480 e. The topological polar surface area (TPSA) is 546 Å². The lowest BCUT2D eigenvalue weighted by molar-refractivity contribution is -0.148. The molecule has 0 bridgehead atoms. The van der Waals surface area contributed by atoms with E-state index in [2.05, 4.69) is 71.1 Å². The van der Waals surface area contributed by atoms with Gasteiger partial charge in [0.25, 0.3) is 0 Å². The van der Waals surface area contributed by atoms with Crippen molar-refractivity contribution in [3.8, 4) is 0 Å². The molecule has 0 saturated heterocycles. The normalized spacial score (nSPS) is 10.7. The molecule has 0 spiro atoms. The molecular formula is C72H125N11O38. The molecule has 0 saturated carbocycles. The summed E-state index contributed by atoms with van der Waals surface area (Å²) in [7, 11) is 22.4. The lowest BCUT2D eigenvalue weighted by atomic mass is 10.3. The van der Waals surface area contributed by atoms with Crippen molar-refractivity contribution in [2.24, 2.45) is 0 Å². The zero-order valence-electron chi connectivity index (χ0n) is 72.7. The summed E-state index contributed by atoms with van der Waals surface area (Å²) in [6.07, 6.45) is 0.235. The third-order valence-electron chi connectivity index (χ3n) is 16.5. The molecule has 0 aliphatic rings. The maximum atomic E-state index is 12.0. The third kappa shape index (κ3) is 66.0. The van der Waals surface area contributed by atoms with Crippen LogP contribution in [0.2, 0.25) is 0 Å². The minimum absolute atomic E-state index is 0.00341. The highest BCUT2D eigenvalue weighted by Crippen LogP contribution is 2.06. The number of methoxy groups -OCH3 is 18. The van der Waals surface area contributed by atoms with Crippen molar-refractivity contribution >= 4 is 113 Å². The average Bonchev–Trinajstić information content (AvgIpc) is 0.946. The minimum atomic E-state index is -1.13. The highest BCUT2D eigenvalue weighted by Gasteiger charge is 2.27. The van der Waals surface area contributed by atoms with Crippen LogP contribution in [0.3, 0.4) is 0 Å². The van der Waals surface area contributed by atoms with Gasteiger partial charge in [0.15, 0.2) is 0 Å². The van der Waals surface area contributed by atoms with Crippen molar-refractivity contribution in [2.45, 2.75) is 12.8 Å². The molecule has 0 aromatic carbocycles. The van der Waals surface area contributed by atoms with Crippen molar-refractivity contribution in [2.75, 3.05) is 344 Å². The van der Waals surface area contributed by atoms with E-state index < -0.39 is 120 Å². The lowest BCUT2D eigenvalue weighted by Gasteiger charge is -2.29. The summed E-state index contributed by atoms with van der Waals surface area (Å²) in [5.74, 6) is -10.3. The summed E-state index contributed by atoms with van der Waals surface area (Å²) in [6.45, 7) is 1.64. The van der Waals surface area contributed by atoms with Crippen LogP contribution >= 0.6 is 0 Å². The largest absolute Gasteiger partial charge is 0.480 e. The Balaban J connectivity index is -0.000000768. The van der Waals surface area contributed by atoms with E-state index in [9.17, 15) is 91.1 Å². The van der Waals surface area contributed by atoms with Gasteiger partial charge >= 0.3 is 113 Å². The van der Waals surface area contributed by atoms with Crippen molar-refractivity contribution < 1.29 is 181 Å². The van der Waals surface area contributed by atoms with Gasteiger partial charge in [0.1, 0.15) is 0 Å². The van der Waals surface area contributed by atoms with E-state index in [1.54, 1.807) is 24.5 Å². The van der Waals surface area contributed by atoms with Crippen molar-refractivity contribution in [1.82, 2.24) is 53.9 Å². The number of carboxylic acids is 1. The molecule has 696 valence electrons. The van der Waals surface area contributed by atoms with Gasteiger partial charge in [-0.1, -0.05) is 0 Å². The average molecular weight is 1750 g/mol. The lowest BCUT2D eigenvalue weighted by Crippen LogP contribution is -2.47. The number of ether oxygens (including phenoxy) is 18. The monoisotopic (exact) mass is 1750 g/mol. The van der Waals surface area contributed by atoms with Crippen LogP contribution in [0.25, 0.3) is 0 Å². The number of carboxylic acid groups (broad SMARTS) is 1. The Morgan fingerprint density at radius 2 is 0.231 bits per heavy atom. The smallest absolute Gasteiger partial charge is 0.319 e. The van der Waals surface area contributed by atoms with Crippen molar-refractivity contribution in [3.63, 3.8) is 0 Å². The van der Waals surface area contributed by atoms with Crippen LogP contribution in [0.5, 0.6) is 0 Å². The van der Waals surface area contributed by atoms with Gasteiger partial charge in [-0.2, -0.15) is 0 Å². The van der Waals surface area contributed by atoms with Crippen LogP contribution in [0, 0.1) is 0 Å². The standard InChI is InChI=1S/C23H40N4O12.C19H33N3O10.C16H28N2O8.C14H24N2O8/c1-35-19(30)13-24(8-10-26(12-18(28)29)15-21(32)37-3)6-7-25(14-20(31)36-2)9-11-27(16-22(33)38-4)17-23(34)39-5;1-28-15(23)10-20(6-8-21(11-16(24)29-2)12-17(25)30-3)7-9-22(13-18(26)31-4)14-19(27)32-5;1-23-13(19)5-7-17(11-15(21)25-3)9-10-18(12-16(22)26-4)8-6-14(20)24-2;1-21-11(17)7-15(8-12(18)22-2)5-6-16(9-13(19)23-3)10-14(20)24-4/h6-17H2,1-5H3,(H,28,29);6-14H2,1-5H3;5-12H2,1-4H3;5-10H2,1-4H3. The predicted octanol–water partition coefficient (Wildman–Crippen LogP) is -7.75. The highest BCUT2D eigenvalue weighted by atomic mass is 16.6. The molecule has 0 aromatic rings. The SMILES string of the molecule is COC(=O)CCN(CCN(CCC(=O)OC)CC(=O)OC)CC(=O)OC.COC(=O)CN(CCN(CC(=O)OC)CC(=O)OC)CC(=O)OC.COC(=O)CN(CCN(CC(=O)OC)CC(=O)OC)CCN(CC(=O)OC)CC(=O)OC.COC(=O)CN(CCN(CCN(CC(=O)OC)CC(=O)OC)CC(=O)OC)CCN(CC(=O)O)CC(=O)OC. The van der Waals surface area contributed by atoms with E-state index in [1.165, 1.54) is 157 Å². The van der Waals surface area contributed by atoms with Crippen LogP contribution in [-0.2, 0) is 176 Å². The Kier molecular flexibility index (Phi) is 70.9. The zero-order chi connectivity index (χ0) is 92.8. The van der Waals surface area contributed by atoms with Crippen LogP contribution in [0.1, 0.15) is 12.8 Å². The van der Waals surface area contributed by atoms with E-state index in [1.807, 2.05) is 0 Å². The van der Waals surface area contributed by atoms with Crippen LogP contribution in [0.4, 0.5) is 0 Å². The van der Waals surface area contributed by atoms with Crippen LogP contribution < -0.4 is 0 Å². The van der Waals surface area contributed by atoms with Crippen LogP contribution in [-0.4, -0.2) is 516 Å². The van der Waals surface area contributed by atoms with E-state index in [0.29, 0.717) is 26.2 Å². The summed E-state index contributed by atoms with van der Waals surface area (Å²) < 4.78 is 83.6. The summed E-state index contributed by atoms with van der Waals surface area (Å²) in [4.78, 5) is 237. The molecule has 121 heavy (non-hydrogen) atoms. The van der Waals surface area contributed by atoms with Crippen molar-refractivity contribution in [3.05, 3.63) is 0 Å². The number of nitrogens with zero attached hydrogens (tertiary/aromatic N) is 11. The van der Waals surface area contributed by atoms with Crippen LogP contribution in [0.15, 0.2) is 0 Å². The number of aliphatic carboxylic acids is 1. The fourth-order valence-corrected chi connectivity index (χ4v) is 9.46. The molecule has 0 rings (SSSR count). The fraction of sp³-hybridized carbons (Fsp3) is 0.736. The summed E-state index contributed by atoms with van der Waals surface area (Å²) in [5.41, 5.74) is 0. The quantitative estimate of drug-likeness (QED) is 0.0436. The molecule has 0 aliphatic carbocycles. The van der Waals surface area contributed by atoms with E-state index >= 15 is 0 Å².